The molecule has 4 rings (SSSR count). The zero-order valence-electron chi connectivity index (χ0n) is 14.9. The zero-order chi connectivity index (χ0) is 17.9. The summed E-state index contributed by atoms with van der Waals surface area (Å²) in [6, 6.07) is 15.9. The molecule has 3 aromatic rings. The van der Waals surface area contributed by atoms with Gasteiger partial charge < -0.3 is 9.80 Å². The number of fused-ring (bicyclic) bond motifs is 1. The van der Waals surface area contributed by atoms with E-state index < -0.39 is 0 Å². The van der Waals surface area contributed by atoms with Crippen LogP contribution in [0.1, 0.15) is 28.9 Å². The standard InChI is InChI=1S/C21H22N4O/c1-24(15-16-8-2-5-11-20(16)25-12-6-7-13-25)21(26)19-14-22-17-9-3-4-10-18(17)23-19/h2-5,8-11,14H,6-7,12-13,15H2,1H3. The second-order valence-corrected chi connectivity index (χ2v) is 6.73. The Morgan fingerprint density at radius 3 is 2.54 bits per heavy atom. The molecule has 2 heterocycles. The number of hydrogen-bond acceptors (Lipinski definition) is 4. The highest BCUT2D eigenvalue weighted by Gasteiger charge is 2.19. The molecule has 1 aliphatic heterocycles. The van der Waals surface area contributed by atoms with E-state index in [0.717, 1.165) is 24.1 Å². The largest absolute Gasteiger partial charge is 0.371 e. The van der Waals surface area contributed by atoms with Crippen molar-refractivity contribution in [1.29, 1.82) is 0 Å². The molecule has 0 aliphatic carbocycles. The van der Waals surface area contributed by atoms with Gasteiger partial charge in [-0.2, -0.15) is 0 Å². The lowest BCUT2D eigenvalue weighted by atomic mass is 10.1. The van der Waals surface area contributed by atoms with E-state index in [0.29, 0.717) is 12.2 Å². The van der Waals surface area contributed by atoms with Gasteiger partial charge in [0, 0.05) is 32.4 Å². The monoisotopic (exact) mass is 346 g/mol. The minimum Gasteiger partial charge on any atom is -0.371 e. The van der Waals surface area contributed by atoms with Crippen molar-refractivity contribution in [1.82, 2.24) is 14.9 Å². The van der Waals surface area contributed by atoms with E-state index in [-0.39, 0.29) is 5.91 Å². The highest BCUT2D eigenvalue weighted by atomic mass is 16.2. The van der Waals surface area contributed by atoms with Gasteiger partial charge in [-0.15, -0.1) is 0 Å². The molecule has 0 saturated carbocycles. The Hall–Kier alpha value is -2.95. The lowest BCUT2D eigenvalue weighted by Gasteiger charge is -2.24. The number of aromatic nitrogens is 2. The molecule has 0 radical (unpaired) electrons. The first-order chi connectivity index (χ1) is 12.7. The normalized spacial score (nSPS) is 14.0. The molecule has 2 aromatic carbocycles. The first kappa shape index (κ1) is 16.5. The summed E-state index contributed by atoms with van der Waals surface area (Å²) in [7, 11) is 1.82. The third kappa shape index (κ3) is 3.25. The molecule has 5 nitrogen and oxygen atoms in total. The molecule has 132 valence electrons. The van der Waals surface area contributed by atoms with E-state index in [1.54, 1.807) is 11.1 Å². The van der Waals surface area contributed by atoms with Gasteiger partial charge in [0.2, 0.25) is 0 Å². The SMILES string of the molecule is CN(Cc1ccccc1N1CCCC1)C(=O)c1cnc2ccccc2n1. The molecule has 1 aromatic heterocycles. The maximum atomic E-state index is 12.8. The lowest BCUT2D eigenvalue weighted by Crippen LogP contribution is -2.28. The van der Waals surface area contributed by atoms with Crippen molar-refractivity contribution in [2.24, 2.45) is 0 Å². The predicted molar refractivity (Wildman–Crippen MR) is 103 cm³/mol. The number of carbonyl (C=O) groups excluding carboxylic acids is 1. The summed E-state index contributed by atoms with van der Waals surface area (Å²) in [5.74, 6) is -0.112. The average molecular weight is 346 g/mol. The highest BCUT2D eigenvalue weighted by molar-refractivity contribution is 5.93. The summed E-state index contributed by atoms with van der Waals surface area (Å²) >= 11 is 0. The van der Waals surface area contributed by atoms with Crippen LogP contribution >= 0.6 is 0 Å². The number of carbonyl (C=O) groups is 1. The lowest BCUT2D eigenvalue weighted by molar-refractivity contribution is 0.0779. The van der Waals surface area contributed by atoms with E-state index in [1.807, 2.05) is 37.4 Å². The highest BCUT2D eigenvalue weighted by Crippen LogP contribution is 2.25. The number of anilines is 1. The van der Waals surface area contributed by atoms with Crippen molar-refractivity contribution < 1.29 is 4.79 Å². The quantitative estimate of drug-likeness (QED) is 0.725. The fraction of sp³-hybridized carbons (Fsp3) is 0.286. The molecule has 0 atom stereocenters. The summed E-state index contributed by atoms with van der Waals surface area (Å²) in [6.07, 6.45) is 4.03. The van der Waals surface area contributed by atoms with Crippen LogP contribution in [0.25, 0.3) is 11.0 Å². The summed E-state index contributed by atoms with van der Waals surface area (Å²) in [4.78, 5) is 25.8. The van der Waals surface area contributed by atoms with Crippen LogP contribution in [0.2, 0.25) is 0 Å². The molecule has 1 fully saturated rings. The van der Waals surface area contributed by atoms with Crippen LogP contribution in [0.5, 0.6) is 0 Å². The van der Waals surface area contributed by atoms with Gasteiger partial charge in [0.05, 0.1) is 17.2 Å². The first-order valence-electron chi connectivity index (χ1n) is 9.02. The number of rotatable bonds is 4. The fourth-order valence-corrected chi connectivity index (χ4v) is 3.49. The van der Waals surface area contributed by atoms with Crippen LogP contribution in [0.15, 0.2) is 54.7 Å². The Balaban J connectivity index is 1.55. The van der Waals surface area contributed by atoms with Crippen LogP contribution in [-0.2, 0) is 6.54 Å². The van der Waals surface area contributed by atoms with Gasteiger partial charge in [-0.05, 0) is 36.6 Å². The number of para-hydroxylation sites is 3. The first-order valence-corrected chi connectivity index (χ1v) is 9.02. The third-order valence-electron chi connectivity index (χ3n) is 4.86. The average Bonchev–Trinajstić information content (AvgIpc) is 3.22. The van der Waals surface area contributed by atoms with Crippen LogP contribution in [0, 0.1) is 0 Å². The summed E-state index contributed by atoms with van der Waals surface area (Å²) in [5.41, 5.74) is 4.31. The van der Waals surface area contributed by atoms with Gasteiger partial charge in [-0.1, -0.05) is 30.3 Å². The molecule has 0 bridgehead atoms. The van der Waals surface area contributed by atoms with E-state index in [9.17, 15) is 4.79 Å². The molecule has 1 aliphatic rings. The van der Waals surface area contributed by atoms with Crippen molar-refractivity contribution in [2.45, 2.75) is 19.4 Å². The summed E-state index contributed by atoms with van der Waals surface area (Å²) in [5, 5.41) is 0. The van der Waals surface area contributed by atoms with E-state index in [2.05, 4.69) is 33.1 Å². The number of benzene rings is 2. The minimum atomic E-state index is -0.112. The Morgan fingerprint density at radius 2 is 1.73 bits per heavy atom. The van der Waals surface area contributed by atoms with E-state index >= 15 is 0 Å². The second-order valence-electron chi connectivity index (χ2n) is 6.73. The Morgan fingerprint density at radius 1 is 1.04 bits per heavy atom. The molecule has 26 heavy (non-hydrogen) atoms. The Labute approximate surface area is 153 Å². The molecule has 0 unspecified atom stereocenters. The van der Waals surface area contributed by atoms with Gasteiger partial charge in [-0.25, -0.2) is 4.98 Å². The molecule has 1 amide bonds. The number of nitrogens with zero attached hydrogens (tertiary/aromatic N) is 4. The molecule has 0 spiro atoms. The maximum Gasteiger partial charge on any atom is 0.274 e. The topological polar surface area (TPSA) is 49.3 Å². The smallest absolute Gasteiger partial charge is 0.274 e. The van der Waals surface area contributed by atoms with Crippen molar-refractivity contribution >= 4 is 22.6 Å². The van der Waals surface area contributed by atoms with Crippen molar-refractivity contribution in [3.8, 4) is 0 Å². The minimum absolute atomic E-state index is 0.112. The molecule has 5 heteroatoms. The maximum absolute atomic E-state index is 12.8. The molecular weight excluding hydrogens is 324 g/mol. The van der Waals surface area contributed by atoms with Gasteiger partial charge >= 0.3 is 0 Å². The fourth-order valence-electron chi connectivity index (χ4n) is 3.49. The van der Waals surface area contributed by atoms with E-state index in [4.69, 9.17) is 0 Å². The number of amides is 1. The molecule has 0 N–H and O–H groups in total. The zero-order valence-corrected chi connectivity index (χ0v) is 14.9. The van der Waals surface area contributed by atoms with Gasteiger partial charge in [0.15, 0.2) is 0 Å². The van der Waals surface area contributed by atoms with E-state index in [1.165, 1.54) is 24.1 Å². The van der Waals surface area contributed by atoms with Gasteiger partial charge in [0.1, 0.15) is 5.69 Å². The summed E-state index contributed by atoms with van der Waals surface area (Å²) < 4.78 is 0. The van der Waals surface area contributed by atoms with Crippen molar-refractivity contribution in [3.63, 3.8) is 0 Å². The van der Waals surface area contributed by atoms with Gasteiger partial charge in [0.25, 0.3) is 5.91 Å². The van der Waals surface area contributed by atoms with Crippen molar-refractivity contribution in [2.75, 3.05) is 25.0 Å². The van der Waals surface area contributed by atoms with Crippen LogP contribution < -0.4 is 4.90 Å². The number of hydrogen-bond donors (Lipinski definition) is 0. The summed E-state index contributed by atoms with van der Waals surface area (Å²) in [6.45, 7) is 2.73. The Kier molecular flexibility index (Phi) is 4.52. The third-order valence-corrected chi connectivity index (χ3v) is 4.86. The molecular formula is C21H22N4O. The second kappa shape index (κ2) is 7.12. The van der Waals surface area contributed by atoms with Crippen molar-refractivity contribution in [3.05, 3.63) is 66.0 Å². The van der Waals surface area contributed by atoms with Crippen LogP contribution in [0.3, 0.4) is 0 Å². The van der Waals surface area contributed by atoms with Crippen LogP contribution in [-0.4, -0.2) is 40.9 Å². The predicted octanol–water partition coefficient (Wildman–Crippen LogP) is 3.50. The van der Waals surface area contributed by atoms with Gasteiger partial charge in [-0.3, -0.25) is 9.78 Å². The Bertz CT molecular complexity index is 934. The van der Waals surface area contributed by atoms with Crippen LogP contribution in [0.4, 0.5) is 5.69 Å². The molecule has 1 saturated heterocycles.